The number of H-pyrrole nitrogens is 1. The van der Waals surface area contributed by atoms with Crippen LogP contribution in [0, 0.1) is 0 Å². The average Bonchev–Trinajstić information content (AvgIpc) is 3.12. The maximum Gasteiger partial charge on any atom is 0.573 e. The molecule has 1 aromatic heterocycles. The van der Waals surface area contributed by atoms with Gasteiger partial charge in [-0.15, -0.1) is 13.2 Å². The van der Waals surface area contributed by atoms with Crippen molar-refractivity contribution in [2.75, 3.05) is 0 Å². The number of amides is 1. The number of fused-ring (bicyclic) bond motifs is 1. The van der Waals surface area contributed by atoms with Crippen molar-refractivity contribution in [2.45, 2.75) is 16.2 Å². The van der Waals surface area contributed by atoms with E-state index in [4.69, 9.17) is 5.73 Å². The number of rotatable bonds is 5. The van der Waals surface area contributed by atoms with E-state index in [1.165, 1.54) is 23.9 Å². The Kier molecular flexibility index (Phi) is 5.13. The molecule has 0 spiro atoms. The third-order valence-electron chi connectivity index (χ3n) is 4.19. The minimum Gasteiger partial charge on any atom is -0.406 e. The first-order chi connectivity index (χ1) is 14.3. The van der Waals surface area contributed by atoms with Crippen LogP contribution in [0.4, 0.5) is 13.2 Å². The van der Waals surface area contributed by atoms with E-state index in [0.717, 1.165) is 20.9 Å². The molecule has 152 valence electrons. The zero-order valence-corrected chi connectivity index (χ0v) is 16.1. The highest BCUT2D eigenvalue weighted by Gasteiger charge is 2.30. The third kappa shape index (κ3) is 4.57. The van der Waals surface area contributed by atoms with Crippen LogP contribution in [0.1, 0.15) is 10.4 Å². The second-order valence-corrected chi connectivity index (χ2v) is 7.47. The number of benzene rings is 3. The molecule has 0 aliphatic carbocycles. The van der Waals surface area contributed by atoms with E-state index in [0.29, 0.717) is 16.9 Å². The van der Waals surface area contributed by atoms with E-state index in [9.17, 15) is 18.0 Å². The first kappa shape index (κ1) is 19.8. The zero-order valence-electron chi connectivity index (χ0n) is 15.2. The van der Waals surface area contributed by atoms with Crippen LogP contribution in [0.25, 0.3) is 22.4 Å². The van der Waals surface area contributed by atoms with E-state index < -0.39 is 12.3 Å². The molecule has 9 heteroatoms. The molecule has 1 amide bonds. The molecule has 3 N–H and O–H groups in total. The van der Waals surface area contributed by atoms with Gasteiger partial charge < -0.3 is 15.5 Å². The number of hydrogen-bond acceptors (Lipinski definition) is 4. The van der Waals surface area contributed by atoms with Crippen molar-refractivity contribution < 1.29 is 22.7 Å². The van der Waals surface area contributed by atoms with Crippen molar-refractivity contribution in [1.82, 2.24) is 9.97 Å². The average molecular weight is 429 g/mol. The summed E-state index contributed by atoms with van der Waals surface area (Å²) in [4.78, 5) is 20.7. The molecule has 0 saturated heterocycles. The summed E-state index contributed by atoms with van der Waals surface area (Å²) in [6.45, 7) is 0. The van der Waals surface area contributed by atoms with Gasteiger partial charge in [-0.05, 0) is 54.6 Å². The standard InChI is InChI=1S/C21H14F3N3O2S/c22-21(23,24)29-14-4-8-16(9-5-14)30-15-6-1-12(2-7-15)20-26-17-10-3-13(19(25)28)11-18(17)27-20/h1-11H,(H2,25,28)(H,26,27). The Bertz CT molecular complexity index is 1200. The summed E-state index contributed by atoms with van der Waals surface area (Å²) >= 11 is 1.41. The molecule has 0 bridgehead atoms. The van der Waals surface area contributed by atoms with Crippen LogP contribution in [-0.4, -0.2) is 22.2 Å². The molecule has 0 atom stereocenters. The highest BCUT2D eigenvalue weighted by Crippen LogP contribution is 2.32. The molecule has 1 heterocycles. The number of aromatic amines is 1. The number of nitrogens with one attached hydrogen (secondary N) is 1. The van der Waals surface area contributed by atoms with Gasteiger partial charge in [0.05, 0.1) is 11.0 Å². The van der Waals surface area contributed by atoms with Gasteiger partial charge in [-0.3, -0.25) is 4.79 Å². The van der Waals surface area contributed by atoms with Gasteiger partial charge in [0.25, 0.3) is 0 Å². The van der Waals surface area contributed by atoms with Crippen LogP contribution in [0.15, 0.2) is 76.5 Å². The molecule has 4 aromatic rings. The van der Waals surface area contributed by atoms with E-state index in [1.807, 2.05) is 24.3 Å². The second kappa shape index (κ2) is 7.75. The molecule has 30 heavy (non-hydrogen) atoms. The number of alkyl halides is 3. The lowest BCUT2D eigenvalue weighted by molar-refractivity contribution is -0.274. The lowest BCUT2D eigenvalue weighted by atomic mass is 10.2. The number of hydrogen-bond donors (Lipinski definition) is 2. The topological polar surface area (TPSA) is 81.0 Å². The summed E-state index contributed by atoms with van der Waals surface area (Å²) in [6, 6.07) is 18.2. The Morgan fingerprint density at radius 2 is 1.60 bits per heavy atom. The van der Waals surface area contributed by atoms with Crippen molar-refractivity contribution in [3.63, 3.8) is 0 Å². The summed E-state index contributed by atoms with van der Waals surface area (Å²) in [5.41, 5.74) is 7.98. The van der Waals surface area contributed by atoms with Crippen molar-refractivity contribution in [3.8, 4) is 17.1 Å². The lowest BCUT2D eigenvalue weighted by Gasteiger charge is -2.09. The fourth-order valence-electron chi connectivity index (χ4n) is 2.83. The third-order valence-corrected chi connectivity index (χ3v) is 5.20. The number of carbonyl (C=O) groups excluding carboxylic acids is 1. The molecule has 0 radical (unpaired) electrons. The Balaban J connectivity index is 1.49. The molecule has 3 aromatic carbocycles. The fourth-order valence-corrected chi connectivity index (χ4v) is 3.64. The molecule has 0 aliphatic heterocycles. The predicted molar refractivity (Wildman–Crippen MR) is 107 cm³/mol. The van der Waals surface area contributed by atoms with Crippen LogP contribution in [0.3, 0.4) is 0 Å². The van der Waals surface area contributed by atoms with Crippen molar-refractivity contribution in [1.29, 1.82) is 0 Å². The maximum absolute atomic E-state index is 12.2. The van der Waals surface area contributed by atoms with Gasteiger partial charge in [-0.1, -0.05) is 23.9 Å². The number of nitrogens with zero attached hydrogens (tertiary/aromatic N) is 1. The first-order valence-electron chi connectivity index (χ1n) is 8.70. The van der Waals surface area contributed by atoms with Gasteiger partial charge >= 0.3 is 6.36 Å². The largest absolute Gasteiger partial charge is 0.573 e. The summed E-state index contributed by atoms with van der Waals surface area (Å²) < 4.78 is 40.6. The molecule has 0 fully saturated rings. The smallest absolute Gasteiger partial charge is 0.406 e. The van der Waals surface area contributed by atoms with Gasteiger partial charge in [-0.25, -0.2) is 4.98 Å². The molecular weight excluding hydrogens is 415 g/mol. The lowest BCUT2D eigenvalue weighted by Crippen LogP contribution is -2.16. The minimum absolute atomic E-state index is 0.258. The summed E-state index contributed by atoms with van der Waals surface area (Å²) in [5.74, 6) is -0.115. The molecular formula is C21H14F3N3O2S. The van der Waals surface area contributed by atoms with E-state index in [1.54, 1.807) is 30.3 Å². The van der Waals surface area contributed by atoms with Gasteiger partial charge in [0.2, 0.25) is 5.91 Å². The van der Waals surface area contributed by atoms with E-state index >= 15 is 0 Å². The Labute approximate surface area is 173 Å². The normalized spacial score (nSPS) is 11.6. The van der Waals surface area contributed by atoms with Gasteiger partial charge in [0, 0.05) is 20.9 Å². The SMILES string of the molecule is NC(=O)c1ccc2nc(-c3ccc(Sc4ccc(OC(F)(F)F)cc4)cc3)[nH]c2c1. The number of ether oxygens (including phenoxy) is 1. The van der Waals surface area contributed by atoms with Gasteiger partial charge in [0.1, 0.15) is 11.6 Å². The number of nitrogens with two attached hydrogens (primary N) is 1. The molecule has 4 rings (SSSR count). The minimum atomic E-state index is -4.71. The van der Waals surface area contributed by atoms with Crippen molar-refractivity contribution >= 4 is 28.7 Å². The number of primary amides is 1. The van der Waals surface area contributed by atoms with Crippen LogP contribution in [0.2, 0.25) is 0 Å². The first-order valence-corrected chi connectivity index (χ1v) is 9.52. The number of halogens is 3. The Morgan fingerprint density at radius 3 is 2.20 bits per heavy atom. The second-order valence-electron chi connectivity index (χ2n) is 6.33. The van der Waals surface area contributed by atoms with Crippen LogP contribution < -0.4 is 10.5 Å². The number of imidazole rings is 1. The zero-order chi connectivity index (χ0) is 21.3. The van der Waals surface area contributed by atoms with E-state index in [-0.39, 0.29) is 5.75 Å². The van der Waals surface area contributed by atoms with Crippen LogP contribution in [0.5, 0.6) is 5.75 Å². The highest BCUT2D eigenvalue weighted by molar-refractivity contribution is 7.99. The number of aromatic nitrogens is 2. The Morgan fingerprint density at radius 1 is 0.967 bits per heavy atom. The highest BCUT2D eigenvalue weighted by atomic mass is 32.2. The molecule has 0 aliphatic rings. The molecule has 5 nitrogen and oxygen atoms in total. The van der Waals surface area contributed by atoms with Crippen LogP contribution in [-0.2, 0) is 0 Å². The summed E-state index contributed by atoms with van der Waals surface area (Å²) in [6.07, 6.45) is -4.71. The number of carbonyl (C=O) groups is 1. The maximum atomic E-state index is 12.2. The summed E-state index contributed by atoms with van der Waals surface area (Å²) in [5, 5.41) is 0. The quantitative estimate of drug-likeness (QED) is 0.446. The van der Waals surface area contributed by atoms with Crippen LogP contribution >= 0.6 is 11.8 Å². The summed E-state index contributed by atoms with van der Waals surface area (Å²) in [7, 11) is 0. The predicted octanol–water partition coefficient (Wildman–Crippen LogP) is 5.38. The van der Waals surface area contributed by atoms with Crippen molar-refractivity contribution in [3.05, 3.63) is 72.3 Å². The van der Waals surface area contributed by atoms with Gasteiger partial charge in [-0.2, -0.15) is 0 Å². The fraction of sp³-hybridized carbons (Fsp3) is 0.0476. The molecule has 0 saturated carbocycles. The van der Waals surface area contributed by atoms with Crippen molar-refractivity contribution in [2.24, 2.45) is 5.73 Å². The Hall–Kier alpha value is -3.46. The van der Waals surface area contributed by atoms with E-state index in [2.05, 4.69) is 14.7 Å². The monoisotopic (exact) mass is 429 g/mol. The molecule has 0 unspecified atom stereocenters. The van der Waals surface area contributed by atoms with Gasteiger partial charge in [0.15, 0.2) is 0 Å².